The summed E-state index contributed by atoms with van der Waals surface area (Å²) >= 11 is 0. The standard InChI is InChI=1S/2C39H40N6O4/c2*1-39(2,3)49-38(46)44-18-17-27(23-44)32-16-12-26(21-41-32)35-37-33(45(43-35)22-24-9-13-28(47-4)14-10-24)19-34(48-5)36(42-37)31-8-6-7-29-25(20-40)11-15-30(29)31/h2*6-10,12-14,16,19,21,25,27H,11,15,17-18,22-23H2,1-5H3. The minimum atomic E-state index is -0.536. The van der Waals surface area contributed by atoms with E-state index in [9.17, 15) is 20.1 Å². The maximum atomic E-state index is 12.7. The Kier molecular flexibility index (Phi) is 18.3. The number of carbonyl (C=O) groups is 2. The van der Waals surface area contributed by atoms with Crippen LogP contribution in [-0.2, 0) is 35.4 Å². The summed E-state index contributed by atoms with van der Waals surface area (Å²) in [6.07, 6.45) is 8.01. The van der Waals surface area contributed by atoms with Gasteiger partial charge in [0.15, 0.2) is 0 Å². The zero-order valence-electron chi connectivity index (χ0n) is 57.1. The first-order valence-corrected chi connectivity index (χ1v) is 33.4. The molecule has 6 aromatic heterocycles. The predicted octanol–water partition coefficient (Wildman–Crippen LogP) is 15.0. The number of aromatic nitrogens is 8. The lowest BCUT2D eigenvalue weighted by Gasteiger charge is -2.24. The highest BCUT2D eigenvalue weighted by Gasteiger charge is 2.35. The molecule has 98 heavy (non-hydrogen) atoms. The van der Waals surface area contributed by atoms with Gasteiger partial charge in [-0.15, -0.1) is 0 Å². The van der Waals surface area contributed by atoms with Gasteiger partial charge in [0.25, 0.3) is 0 Å². The van der Waals surface area contributed by atoms with E-state index >= 15 is 0 Å². The van der Waals surface area contributed by atoms with Crippen molar-refractivity contribution in [2.75, 3.05) is 54.6 Å². The van der Waals surface area contributed by atoms with Crippen molar-refractivity contribution in [1.82, 2.24) is 49.3 Å². The molecule has 4 aromatic carbocycles. The fraction of sp³-hybridized carbons (Fsp3) is 0.359. The molecule has 0 spiro atoms. The van der Waals surface area contributed by atoms with E-state index in [1.165, 1.54) is 0 Å². The molecule has 4 aliphatic rings. The Hall–Kier alpha value is -10.9. The first-order valence-electron chi connectivity index (χ1n) is 33.4. The van der Waals surface area contributed by atoms with Gasteiger partial charge in [0, 0.05) is 96.2 Å². The zero-order chi connectivity index (χ0) is 68.6. The molecule has 2 aliphatic carbocycles. The monoisotopic (exact) mass is 1310 g/mol. The highest BCUT2D eigenvalue weighted by molar-refractivity contribution is 5.95. The van der Waals surface area contributed by atoms with Crippen LogP contribution in [0.3, 0.4) is 0 Å². The van der Waals surface area contributed by atoms with Crippen molar-refractivity contribution in [3.8, 4) is 80.2 Å². The van der Waals surface area contributed by atoms with E-state index in [0.29, 0.717) is 50.8 Å². The molecule has 0 saturated carbocycles. The number of amides is 2. The van der Waals surface area contributed by atoms with E-state index in [1.54, 1.807) is 38.2 Å². The van der Waals surface area contributed by atoms with Gasteiger partial charge in [-0.3, -0.25) is 19.3 Å². The molecule has 2 saturated heterocycles. The average molecular weight is 1310 g/mol. The smallest absolute Gasteiger partial charge is 0.410 e. The second-order valence-corrected chi connectivity index (χ2v) is 27.5. The molecular formula is C78H80N12O8. The van der Waals surface area contributed by atoms with Gasteiger partial charge < -0.3 is 38.2 Å². The van der Waals surface area contributed by atoms with Crippen LogP contribution in [0.4, 0.5) is 9.59 Å². The van der Waals surface area contributed by atoms with Crippen LogP contribution in [0.5, 0.6) is 23.0 Å². The topological polar surface area (TPSA) is 231 Å². The number of ether oxygens (including phenoxy) is 6. The fourth-order valence-corrected chi connectivity index (χ4v) is 13.9. The fourth-order valence-electron chi connectivity index (χ4n) is 13.9. The van der Waals surface area contributed by atoms with Crippen LogP contribution in [0.2, 0.25) is 0 Å². The summed E-state index contributed by atoms with van der Waals surface area (Å²) in [5.74, 6) is 2.88. The van der Waals surface area contributed by atoms with E-state index < -0.39 is 11.2 Å². The van der Waals surface area contributed by atoms with Gasteiger partial charge in [-0.25, -0.2) is 19.6 Å². The number of carbonyl (C=O) groups excluding carboxylic acids is 2. The molecule has 500 valence electrons. The number of nitriles is 2. The Morgan fingerprint density at radius 2 is 0.918 bits per heavy atom. The summed E-state index contributed by atoms with van der Waals surface area (Å²) in [5, 5.41) is 29.8. The minimum Gasteiger partial charge on any atom is -0.497 e. The summed E-state index contributed by atoms with van der Waals surface area (Å²) in [6.45, 7) is 14.7. The molecule has 8 heterocycles. The number of methoxy groups -OCH3 is 4. The van der Waals surface area contributed by atoms with Gasteiger partial charge in [0.2, 0.25) is 0 Å². The second-order valence-electron chi connectivity index (χ2n) is 27.5. The molecule has 4 unspecified atom stereocenters. The Labute approximate surface area is 570 Å². The van der Waals surface area contributed by atoms with Crippen molar-refractivity contribution in [2.24, 2.45) is 0 Å². The molecule has 0 bridgehead atoms. The van der Waals surface area contributed by atoms with Crippen LogP contribution < -0.4 is 18.9 Å². The third-order valence-electron chi connectivity index (χ3n) is 18.8. The highest BCUT2D eigenvalue weighted by atomic mass is 16.6. The van der Waals surface area contributed by atoms with Crippen molar-refractivity contribution < 1.29 is 38.0 Å². The summed E-state index contributed by atoms with van der Waals surface area (Å²) < 4.78 is 37.8. The molecule has 2 aliphatic heterocycles. The Bertz CT molecular complexity index is 4410. The largest absolute Gasteiger partial charge is 0.497 e. The third-order valence-corrected chi connectivity index (χ3v) is 18.8. The van der Waals surface area contributed by atoms with Crippen molar-refractivity contribution in [3.05, 3.63) is 178 Å². The van der Waals surface area contributed by atoms with Gasteiger partial charge in [-0.1, -0.05) is 60.7 Å². The number of likely N-dealkylation sites (tertiary alicyclic amines) is 2. The van der Waals surface area contributed by atoms with Crippen LogP contribution in [-0.4, -0.2) is 127 Å². The van der Waals surface area contributed by atoms with Crippen molar-refractivity contribution in [3.63, 3.8) is 0 Å². The van der Waals surface area contributed by atoms with Gasteiger partial charge in [0.1, 0.15) is 68.0 Å². The zero-order valence-corrected chi connectivity index (χ0v) is 57.1. The molecule has 0 N–H and O–H groups in total. The van der Waals surface area contributed by atoms with Crippen molar-refractivity contribution >= 4 is 34.3 Å². The van der Waals surface area contributed by atoms with E-state index in [-0.39, 0.29) is 35.9 Å². The van der Waals surface area contributed by atoms with E-state index in [1.807, 2.05) is 172 Å². The van der Waals surface area contributed by atoms with Gasteiger partial charge in [-0.05, 0) is 162 Å². The molecule has 20 heteroatoms. The molecule has 10 aromatic rings. The summed E-state index contributed by atoms with van der Waals surface area (Å²) in [7, 11) is 6.63. The summed E-state index contributed by atoms with van der Waals surface area (Å²) in [6, 6.07) is 45.2. The lowest BCUT2D eigenvalue weighted by Crippen LogP contribution is -2.35. The van der Waals surface area contributed by atoms with E-state index in [4.69, 9.17) is 58.6 Å². The first kappa shape index (κ1) is 65.8. The molecule has 2 amide bonds. The summed E-state index contributed by atoms with van der Waals surface area (Å²) in [4.78, 5) is 49.2. The molecule has 20 nitrogen and oxygen atoms in total. The minimum absolute atomic E-state index is 0.117. The molecule has 4 atom stereocenters. The van der Waals surface area contributed by atoms with Crippen LogP contribution in [0.25, 0.3) is 67.1 Å². The normalized spacial score (nSPS) is 17.2. The quantitative estimate of drug-likeness (QED) is 0.0985. The highest BCUT2D eigenvalue weighted by Crippen LogP contribution is 2.45. The maximum Gasteiger partial charge on any atom is 0.410 e. The Morgan fingerprint density at radius 3 is 1.27 bits per heavy atom. The molecular weight excluding hydrogens is 1230 g/mol. The van der Waals surface area contributed by atoms with Crippen LogP contribution >= 0.6 is 0 Å². The maximum absolute atomic E-state index is 12.7. The van der Waals surface area contributed by atoms with Crippen LogP contribution in [0.15, 0.2) is 134 Å². The summed E-state index contributed by atoms with van der Waals surface area (Å²) in [5.41, 5.74) is 17.0. The number of hydrogen-bond acceptors (Lipinski definition) is 16. The number of nitrogens with zero attached hydrogens (tertiary/aromatic N) is 12. The predicted molar refractivity (Wildman–Crippen MR) is 373 cm³/mol. The third kappa shape index (κ3) is 13.5. The van der Waals surface area contributed by atoms with Gasteiger partial charge in [-0.2, -0.15) is 20.7 Å². The van der Waals surface area contributed by atoms with Crippen molar-refractivity contribution in [2.45, 2.75) is 128 Å². The number of benzene rings is 4. The van der Waals surface area contributed by atoms with E-state index in [2.05, 4.69) is 24.3 Å². The van der Waals surface area contributed by atoms with Gasteiger partial charge in [0.05, 0.1) is 76.5 Å². The lowest BCUT2D eigenvalue weighted by atomic mass is 9.97. The Morgan fingerprint density at radius 1 is 0.510 bits per heavy atom. The number of hydrogen-bond donors (Lipinski definition) is 0. The number of rotatable bonds is 14. The average Bonchev–Trinajstić information content (AvgIpc) is 1.57. The van der Waals surface area contributed by atoms with E-state index in [0.717, 1.165) is 162 Å². The SMILES string of the molecule is COc1ccc(Cn2nc(-c3ccc(C4CCN(C(=O)OC(C)(C)C)C4)nc3)c3nc(-c4cccc5c4CCC5C#N)c(OC)cc32)cc1.COc1ccc(Cn2nc(-c3ccc(C4CCN(C(=O)OC(C)(C)C)C4)nc3)c3nc(-c4cccc5c4CCC5C#N)c(OC)cc32)cc1. The Balaban J connectivity index is 0.000000176. The molecule has 2 fully saturated rings. The second kappa shape index (κ2) is 27.3. The number of fused-ring (bicyclic) bond motifs is 4. The van der Waals surface area contributed by atoms with Crippen LogP contribution in [0, 0.1) is 22.7 Å². The molecule has 0 radical (unpaired) electrons. The van der Waals surface area contributed by atoms with Crippen LogP contribution in [0.1, 0.15) is 136 Å². The first-order chi connectivity index (χ1) is 47.3. The number of pyridine rings is 4. The van der Waals surface area contributed by atoms with Gasteiger partial charge >= 0.3 is 12.2 Å². The molecule has 14 rings (SSSR count). The lowest BCUT2D eigenvalue weighted by molar-refractivity contribution is 0.0282. The van der Waals surface area contributed by atoms with Crippen molar-refractivity contribution in [1.29, 1.82) is 10.5 Å².